The fraction of sp³-hybridized carbons (Fsp3) is 0.143. The van der Waals surface area contributed by atoms with E-state index >= 15 is 0 Å². The van der Waals surface area contributed by atoms with Crippen molar-refractivity contribution in [3.05, 3.63) is 65.7 Å². The van der Waals surface area contributed by atoms with Crippen LogP contribution >= 0.6 is 0 Å². The molecule has 1 atom stereocenters. The lowest BCUT2D eigenvalue weighted by Gasteiger charge is -2.16. The molecule has 1 amide bonds. The summed E-state index contributed by atoms with van der Waals surface area (Å²) in [7, 11) is 0. The number of rotatable bonds is 4. The number of benzene rings is 1. The molecule has 1 aromatic heterocycles. The van der Waals surface area contributed by atoms with Crippen molar-refractivity contribution in [3.8, 4) is 0 Å². The molecule has 0 fully saturated rings. The lowest BCUT2D eigenvalue weighted by molar-refractivity contribution is 0.0911. The van der Waals surface area contributed by atoms with Gasteiger partial charge < -0.3 is 10.4 Å². The Morgan fingerprint density at radius 1 is 1.26 bits per heavy atom. The van der Waals surface area contributed by atoms with E-state index in [1.165, 1.54) is 12.1 Å². The van der Waals surface area contributed by atoms with Crippen LogP contribution in [0, 0.1) is 5.82 Å². The Morgan fingerprint density at radius 3 is 2.58 bits per heavy atom. The topological polar surface area (TPSA) is 62.2 Å². The van der Waals surface area contributed by atoms with Gasteiger partial charge in [-0.25, -0.2) is 9.37 Å². The first kappa shape index (κ1) is 13.2. The molecule has 2 N–H and O–H groups in total. The van der Waals surface area contributed by atoms with Gasteiger partial charge in [-0.3, -0.25) is 4.79 Å². The summed E-state index contributed by atoms with van der Waals surface area (Å²) in [6.45, 7) is -0.225. The van der Waals surface area contributed by atoms with Crippen molar-refractivity contribution < 1.29 is 14.3 Å². The Kier molecular flexibility index (Phi) is 4.20. The molecule has 2 rings (SSSR count). The van der Waals surface area contributed by atoms with E-state index in [4.69, 9.17) is 0 Å². The SMILES string of the molecule is O=C(NC(CO)c1ccccc1)c1ccc(F)cn1. The minimum Gasteiger partial charge on any atom is -0.394 e. The number of pyridine rings is 1. The normalized spacial score (nSPS) is 11.9. The number of amides is 1. The number of nitrogens with zero attached hydrogens (tertiary/aromatic N) is 1. The molecule has 0 bridgehead atoms. The van der Waals surface area contributed by atoms with Crippen molar-refractivity contribution >= 4 is 5.91 Å². The summed E-state index contributed by atoms with van der Waals surface area (Å²) < 4.78 is 12.7. The third-order valence-corrected chi connectivity index (χ3v) is 2.65. The number of carbonyl (C=O) groups is 1. The van der Waals surface area contributed by atoms with Crippen LogP contribution in [0.2, 0.25) is 0 Å². The molecule has 1 aromatic carbocycles. The lowest BCUT2D eigenvalue weighted by atomic mass is 10.1. The van der Waals surface area contributed by atoms with Gasteiger partial charge in [-0.1, -0.05) is 30.3 Å². The molecule has 1 unspecified atom stereocenters. The zero-order chi connectivity index (χ0) is 13.7. The fourth-order valence-electron chi connectivity index (χ4n) is 1.66. The first-order valence-corrected chi connectivity index (χ1v) is 5.79. The predicted octanol–water partition coefficient (Wildman–Crippen LogP) is 1.68. The van der Waals surface area contributed by atoms with Crippen LogP contribution in [0.1, 0.15) is 22.1 Å². The summed E-state index contributed by atoms with van der Waals surface area (Å²) in [5, 5.41) is 12.0. The van der Waals surface area contributed by atoms with Crippen molar-refractivity contribution in [1.29, 1.82) is 0 Å². The number of aromatic nitrogens is 1. The number of aliphatic hydroxyl groups is 1. The average molecular weight is 260 g/mol. The molecule has 0 spiro atoms. The Balaban J connectivity index is 2.10. The highest BCUT2D eigenvalue weighted by molar-refractivity contribution is 5.92. The smallest absolute Gasteiger partial charge is 0.270 e. The van der Waals surface area contributed by atoms with Gasteiger partial charge in [0.2, 0.25) is 0 Å². The second-order valence-corrected chi connectivity index (χ2v) is 3.98. The number of hydrogen-bond acceptors (Lipinski definition) is 3. The van der Waals surface area contributed by atoms with E-state index in [2.05, 4.69) is 10.3 Å². The highest BCUT2D eigenvalue weighted by Gasteiger charge is 2.15. The van der Waals surface area contributed by atoms with Gasteiger partial charge in [-0.05, 0) is 17.7 Å². The molecule has 4 nitrogen and oxygen atoms in total. The number of halogens is 1. The van der Waals surface area contributed by atoms with Crippen molar-refractivity contribution in [2.75, 3.05) is 6.61 Å². The quantitative estimate of drug-likeness (QED) is 0.879. The van der Waals surface area contributed by atoms with E-state index in [1.54, 1.807) is 12.1 Å². The molecule has 0 saturated heterocycles. The zero-order valence-corrected chi connectivity index (χ0v) is 10.1. The number of hydrogen-bond donors (Lipinski definition) is 2. The van der Waals surface area contributed by atoms with Gasteiger partial charge in [0.25, 0.3) is 5.91 Å². The summed E-state index contributed by atoms with van der Waals surface area (Å²) in [6.07, 6.45) is 0.978. The predicted molar refractivity (Wildman–Crippen MR) is 67.9 cm³/mol. The van der Waals surface area contributed by atoms with E-state index in [-0.39, 0.29) is 12.3 Å². The van der Waals surface area contributed by atoms with Crippen molar-refractivity contribution in [1.82, 2.24) is 10.3 Å². The maximum absolute atomic E-state index is 12.7. The minimum atomic E-state index is -0.513. The van der Waals surface area contributed by atoms with Crippen molar-refractivity contribution in [2.24, 2.45) is 0 Å². The van der Waals surface area contributed by atoms with Gasteiger partial charge in [0.05, 0.1) is 18.8 Å². The number of carbonyl (C=O) groups excluding carboxylic acids is 1. The summed E-state index contributed by atoms with van der Waals surface area (Å²) in [5.41, 5.74) is 0.899. The van der Waals surface area contributed by atoms with Gasteiger partial charge in [0, 0.05) is 0 Å². The van der Waals surface area contributed by atoms with Crippen molar-refractivity contribution in [2.45, 2.75) is 6.04 Å². The van der Waals surface area contributed by atoms with Gasteiger partial charge in [0.15, 0.2) is 0 Å². The molecular formula is C14H13FN2O2. The molecule has 5 heteroatoms. The molecule has 0 saturated carbocycles. The second kappa shape index (κ2) is 6.06. The molecule has 0 aliphatic heterocycles. The van der Waals surface area contributed by atoms with Crippen LogP contribution in [0.5, 0.6) is 0 Å². The highest BCUT2D eigenvalue weighted by atomic mass is 19.1. The Morgan fingerprint density at radius 2 is 2.00 bits per heavy atom. The Bertz CT molecular complexity index is 543. The van der Waals surface area contributed by atoms with E-state index < -0.39 is 17.8 Å². The van der Waals surface area contributed by atoms with Crippen molar-refractivity contribution in [3.63, 3.8) is 0 Å². The molecule has 98 valence electrons. The zero-order valence-electron chi connectivity index (χ0n) is 10.1. The maximum atomic E-state index is 12.7. The van der Waals surface area contributed by atoms with Crippen LogP contribution in [-0.2, 0) is 0 Å². The summed E-state index contributed by atoms with van der Waals surface area (Å²) in [6, 6.07) is 11.0. The lowest BCUT2D eigenvalue weighted by Crippen LogP contribution is -2.31. The monoisotopic (exact) mass is 260 g/mol. The third-order valence-electron chi connectivity index (χ3n) is 2.65. The van der Waals surface area contributed by atoms with E-state index in [1.807, 2.05) is 18.2 Å². The first-order valence-electron chi connectivity index (χ1n) is 5.79. The summed E-state index contributed by atoms with van der Waals surface area (Å²) in [4.78, 5) is 15.6. The van der Waals surface area contributed by atoms with Crippen LogP contribution in [0.25, 0.3) is 0 Å². The van der Waals surface area contributed by atoms with Gasteiger partial charge in [-0.15, -0.1) is 0 Å². The highest BCUT2D eigenvalue weighted by Crippen LogP contribution is 2.12. The largest absolute Gasteiger partial charge is 0.394 e. The standard InChI is InChI=1S/C14H13FN2O2/c15-11-6-7-12(16-8-11)14(19)17-13(9-18)10-4-2-1-3-5-10/h1-8,13,18H,9H2,(H,17,19). The van der Waals surface area contributed by atoms with Gasteiger partial charge in [0.1, 0.15) is 11.5 Å². The molecule has 2 aromatic rings. The van der Waals surface area contributed by atoms with Gasteiger partial charge >= 0.3 is 0 Å². The van der Waals surface area contributed by atoms with E-state index in [0.717, 1.165) is 11.8 Å². The summed E-state index contributed by atoms with van der Waals surface area (Å²) in [5.74, 6) is -0.957. The van der Waals surface area contributed by atoms with Crippen LogP contribution in [0.15, 0.2) is 48.7 Å². The molecule has 0 radical (unpaired) electrons. The van der Waals surface area contributed by atoms with Crippen LogP contribution in [-0.4, -0.2) is 22.6 Å². The second-order valence-electron chi connectivity index (χ2n) is 3.98. The first-order chi connectivity index (χ1) is 9.20. The fourth-order valence-corrected chi connectivity index (χ4v) is 1.66. The molecule has 0 aliphatic carbocycles. The van der Waals surface area contributed by atoms with Crippen LogP contribution < -0.4 is 5.32 Å². The molecule has 19 heavy (non-hydrogen) atoms. The number of nitrogens with one attached hydrogen (secondary N) is 1. The Hall–Kier alpha value is -2.27. The molecule has 0 aliphatic rings. The average Bonchev–Trinajstić information content (AvgIpc) is 2.46. The molecule has 1 heterocycles. The maximum Gasteiger partial charge on any atom is 0.270 e. The van der Waals surface area contributed by atoms with Crippen LogP contribution in [0.4, 0.5) is 4.39 Å². The number of aliphatic hydroxyl groups excluding tert-OH is 1. The van der Waals surface area contributed by atoms with E-state index in [9.17, 15) is 14.3 Å². The van der Waals surface area contributed by atoms with Gasteiger partial charge in [-0.2, -0.15) is 0 Å². The minimum absolute atomic E-state index is 0.107. The van der Waals surface area contributed by atoms with E-state index in [0.29, 0.717) is 0 Å². The molecular weight excluding hydrogens is 247 g/mol. The van der Waals surface area contributed by atoms with Crippen LogP contribution in [0.3, 0.4) is 0 Å². The third kappa shape index (κ3) is 3.35. The Labute approximate surface area is 109 Å². The summed E-state index contributed by atoms with van der Waals surface area (Å²) >= 11 is 0.